The van der Waals surface area contributed by atoms with Crippen LogP contribution in [-0.4, -0.2) is 53.1 Å². The van der Waals surface area contributed by atoms with E-state index in [0.717, 1.165) is 13.0 Å². The average molecular weight is 270 g/mol. The van der Waals surface area contributed by atoms with Crippen LogP contribution in [0.5, 0.6) is 0 Å². The zero-order chi connectivity index (χ0) is 14.6. The van der Waals surface area contributed by atoms with Crippen molar-refractivity contribution >= 4 is 12.0 Å². The average Bonchev–Trinajstić information content (AvgIpc) is 2.37. The Kier molecular flexibility index (Phi) is 5.63. The van der Waals surface area contributed by atoms with Crippen LogP contribution in [0.4, 0.5) is 4.79 Å². The van der Waals surface area contributed by atoms with Crippen molar-refractivity contribution in [3.8, 4) is 0 Å². The van der Waals surface area contributed by atoms with Crippen molar-refractivity contribution in [3.63, 3.8) is 0 Å². The lowest BCUT2D eigenvalue weighted by molar-refractivity contribution is -0.143. The van der Waals surface area contributed by atoms with E-state index in [4.69, 9.17) is 5.11 Å². The maximum atomic E-state index is 12.3. The molecule has 0 aromatic heterocycles. The summed E-state index contributed by atoms with van der Waals surface area (Å²) in [6.07, 6.45) is 2.16. The Hall–Kier alpha value is -1.26. The number of rotatable bonds is 4. The molecule has 19 heavy (non-hydrogen) atoms. The molecular formula is C14H26N2O3. The molecule has 0 aliphatic carbocycles. The minimum absolute atomic E-state index is 0.00160. The summed E-state index contributed by atoms with van der Waals surface area (Å²) in [5, 5.41) is 9.03. The molecule has 1 fully saturated rings. The third-order valence-corrected chi connectivity index (χ3v) is 4.08. The molecule has 1 saturated heterocycles. The number of aliphatic carboxylic acids is 1. The number of hydrogen-bond donors (Lipinski definition) is 1. The lowest BCUT2D eigenvalue weighted by Crippen LogP contribution is -2.51. The van der Waals surface area contributed by atoms with Gasteiger partial charge in [0.1, 0.15) is 0 Å². The Balaban J connectivity index is 2.56. The minimum Gasteiger partial charge on any atom is -0.481 e. The van der Waals surface area contributed by atoms with Crippen molar-refractivity contribution < 1.29 is 14.7 Å². The predicted molar refractivity (Wildman–Crippen MR) is 74.0 cm³/mol. The van der Waals surface area contributed by atoms with Gasteiger partial charge < -0.3 is 14.9 Å². The number of nitrogens with zero attached hydrogens (tertiary/aromatic N) is 2. The molecule has 3 unspecified atom stereocenters. The summed E-state index contributed by atoms with van der Waals surface area (Å²) in [4.78, 5) is 26.9. The van der Waals surface area contributed by atoms with Gasteiger partial charge in [-0.05, 0) is 25.7 Å². The number of carboxylic acids is 1. The number of likely N-dealkylation sites (tertiary alicyclic amines) is 1. The fourth-order valence-electron chi connectivity index (χ4n) is 2.57. The van der Waals surface area contributed by atoms with Gasteiger partial charge in [-0.2, -0.15) is 0 Å². The highest BCUT2D eigenvalue weighted by atomic mass is 16.4. The van der Waals surface area contributed by atoms with E-state index < -0.39 is 5.97 Å². The van der Waals surface area contributed by atoms with Crippen LogP contribution in [0.25, 0.3) is 0 Å². The molecule has 1 heterocycles. The first-order valence-electron chi connectivity index (χ1n) is 7.11. The van der Waals surface area contributed by atoms with Crippen molar-refractivity contribution in [1.82, 2.24) is 9.80 Å². The second-order valence-corrected chi connectivity index (χ2v) is 5.78. The van der Waals surface area contributed by atoms with Crippen LogP contribution in [0.1, 0.15) is 40.0 Å². The second-order valence-electron chi connectivity index (χ2n) is 5.78. The predicted octanol–water partition coefficient (Wildman–Crippen LogP) is 2.27. The van der Waals surface area contributed by atoms with Gasteiger partial charge in [-0.1, -0.05) is 20.3 Å². The van der Waals surface area contributed by atoms with Crippen molar-refractivity contribution in [2.24, 2.45) is 11.8 Å². The first-order valence-corrected chi connectivity index (χ1v) is 7.11. The van der Waals surface area contributed by atoms with Crippen LogP contribution in [0.15, 0.2) is 0 Å². The van der Waals surface area contributed by atoms with E-state index >= 15 is 0 Å². The highest BCUT2D eigenvalue weighted by molar-refractivity contribution is 5.75. The third-order valence-electron chi connectivity index (χ3n) is 4.08. The Bertz CT molecular complexity index is 333. The Morgan fingerprint density at radius 1 is 1.47 bits per heavy atom. The molecule has 0 spiro atoms. The third kappa shape index (κ3) is 4.11. The first kappa shape index (κ1) is 15.8. The molecule has 1 rings (SSSR count). The van der Waals surface area contributed by atoms with E-state index in [9.17, 15) is 9.59 Å². The fourth-order valence-corrected chi connectivity index (χ4v) is 2.57. The fraction of sp³-hybridized carbons (Fsp3) is 0.857. The largest absolute Gasteiger partial charge is 0.481 e. The molecule has 0 saturated carbocycles. The molecule has 1 aliphatic rings. The molecule has 0 radical (unpaired) electrons. The second kappa shape index (κ2) is 6.78. The van der Waals surface area contributed by atoms with E-state index in [2.05, 4.69) is 13.8 Å². The molecule has 2 amide bonds. The van der Waals surface area contributed by atoms with Crippen molar-refractivity contribution in [3.05, 3.63) is 0 Å². The van der Waals surface area contributed by atoms with Gasteiger partial charge in [0.2, 0.25) is 0 Å². The Morgan fingerprint density at radius 2 is 2.11 bits per heavy atom. The maximum Gasteiger partial charge on any atom is 0.319 e. The number of piperidine rings is 1. The van der Waals surface area contributed by atoms with E-state index in [1.54, 1.807) is 4.90 Å². The summed E-state index contributed by atoms with van der Waals surface area (Å²) >= 11 is 0. The van der Waals surface area contributed by atoms with E-state index in [1.165, 1.54) is 0 Å². The van der Waals surface area contributed by atoms with Gasteiger partial charge in [-0.25, -0.2) is 4.79 Å². The molecular weight excluding hydrogens is 244 g/mol. The minimum atomic E-state index is -0.744. The van der Waals surface area contributed by atoms with Gasteiger partial charge in [0, 0.05) is 26.2 Å². The van der Waals surface area contributed by atoms with Gasteiger partial charge >= 0.3 is 12.0 Å². The summed E-state index contributed by atoms with van der Waals surface area (Å²) in [6, 6.07) is 0.0263. The SMILES string of the molecule is CCC(C)CN(C)C(=O)N1CCC(C(=O)O)CC1C. The Morgan fingerprint density at radius 3 is 2.58 bits per heavy atom. The lowest BCUT2D eigenvalue weighted by atomic mass is 9.92. The molecule has 3 atom stereocenters. The number of carbonyl (C=O) groups is 2. The maximum absolute atomic E-state index is 12.3. The Labute approximate surface area is 115 Å². The lowest BCUT2D eigenvalue weighted by Gasteiger charge is -2.38. The molecule has 1 aliphatic heterocycles. The van der Waals surface area contributed by atoms with Crippen LogP contribution in [0.3, 0.4) is 0 Å². The van der Waals surface area contributed by atoms with Gasteiger partial charge in [-0.3, -0.25) is 4.79 Å². The van der Waals surface area contributed by atoms with Gasteiger partial charge in [0.15, 0.2) is 0 Å². The molecule has 0 aromatic carbocycles. The highest BCUT2D eigenvalue weighted by Crippen LogP contribution is 2.24. The number of urea groups is 1. The zero-order valence-corrected chi connectivity index (χ0v) is 12.4. The van der Waals surface area contributed by atoms with E-state index in [-0.39, 0.29) is 18.0 Å². The smallest absolute Gasteiger partial charge is 0.319 e. The summed E-state index contributed by atoms with van der Waals surface area (Å²) < 4.78 is 0. The van der Waals surface area contributed by atoms with Crippen molar-refractivity contribution in [1.29, 1.82) is 0 Å². The summed E-state index contributed by atoms with van der Waals surface area (Å²) in [7, 11) is 1.82. The van der Waals surface area contributed by atoms with Crippen molar-refractivity contribution in [2.45, 2.75) is 46.1 Å². The highest BCUT2D eigenvalue weighted by Gasteiger charge is 2.33. The number of hydrogen-bond acceptors (Lipinski definition) is 2. The van der Waals surface area contributed by atoms with E-state index in [1.807, 2.05) is 18.9 Å². The van der Waals surface area contributed by atoms with Crippen LogP contribution < -0.4 is 0 Å². The number of carbonyl (C=O) groups excluding carboxylic acids is 1. The van der Waals surface area contributed by atoms with Crippen LogP contribution in [0.2, 0.25) is 0 Å². The first-order chi connectivity index (χ1) is 8.86. The standard InChI is InChI=1S/C14H26N2O3/c1-5-10(2)9-15(4)14(19)16-7-6-12(13(17)18)8-11(16)3/h10-12H,5-9H2,1-4H3,(H,17,18). The molecule has 5 nitrogen and oxygen atoms in total. The quantitative estimate of drug-likeness (QED) is 0.852. The molecule has 1 N–H and O–H groups in total. The van der Waals surface area contributed by atoms with Crippen molar-refractivity contribution in [2.75, 3.05) is 20.1 Å². The van der Waals surface area contributed by atoms with Crippen LogP contribution in [0, 0.1) is 11.8 Å². The monoisotopic (exact) mass is 270 g/mol. The van der Waals surface area contributed by atoms with Gasteiger partial charge in [-0.15, -0.1) is 0 Å². The normalized spacial score (nSPS) is 24.9. The topological polar surface area (TPSA) is 60.9 Å². The number of amides is 2. The van der Waals surface area contributed by atoms with Crippen LogP contribution in [-0.2, 0) is 4.79 Å². The molecule has 110 valence electrons. The van der Waals surface area contributed by atoms with Crippen LogP contribution >= 0.6 is 0 Å². The van der Waals surface area contributed by atoms with E-state index in [0.29, 0.717) is 25.3 Å². The summed E-state index contributed by atoms with van der Waals surface area (Å²) in [6.45, 7) is 7.47. The molecule has 5 heteroatoms. The van der Waals surface area contributed by atoms with Gasteiger partial charge in [0.25, 0.3) is 0 Å². The molecule has 0 bridgehead atoms. The molecule has 0 aromatic rings. The summed E-state index contributed by atoms with van der Waals surface area (Å²) in [5.41, 5.74) is 0. The zero-order valence-electron chi connectivity index (χ0n) is 12.4. The van der Waals surface area contributed by atoms with Gasteiger partial charge in [0.05, 0.1) is 5.92 Å². The number of carboxylic acid groups (broad SMARTS) is 1. The summed E-state index contributed by atoms with van der Waals surface area (Å²) in [5.74, 6) is -0.563.